The zero-order chi connectivity index (χ0) is 16.1. The quantitative estimate of drug-likeness (QED) is 0.862. The lowest BCUT2D eigenvalue weighted by atomic mass is 9.87. The van der Waals surface area contributed by atoms with Crippen LogP contribution in [0.3, 0.4) is 0 Å². The van der Waals surface area contributed by atoms with Crippen LogP contribution in [-0.4, -0.2) is 83.8 Å². The maximum atomic E-state index is 9.25. The van der Waals surface area contributed by atoms with Crippen LogP contribution >= 0.6 is 0 Å². The first-order valence-corrected chi connectivity index (χ1v) is 8.83. The van der Waals surface area contributed by atoms with Crippen molar-refractivity contribution < 1.29 is 5.11 Å². The van der Waals surface area contributed by atoms with Gasteiger partial charge in [0.25, 0.3) is 0 Å². The topological polar surface area (TPSA) is 55.7 Å². The normalized spacial score (nSPS) is 27.3. The highest BCUT2D eigenvalue weighted by Gasteiger charge is 2.34. The van der Waals surface area contributed by atoms with Gasteiger partial charge in [-0.25, -0.2) is 9.97 Å². The van der Waals surface area contributed by atoms with Crippen LogP contribution in [0.1, 0.15) is 19.3 Å². The van der Waals surface area contributed by atoms with E-state index in [9.17, 15) is 5.11 Å². The molecule has 0 aliphatic carbocycles. The molecule has 0 aromatic carbocycles. The number of piperazine rings is 1. The second-order valence-electron chi connectivity index (χ2n) is 6.82. The number of piperidine rings is 1. The Morgan fingerprint density at radius 2 is 1.87 bits per heavy atom. The summed E-state index contributed by atoms with van der Waals surface area (Å²) in [4.78, 5) is 16.2. The Bertz CT molecular complexity index is 463. The molecule has 0 spiro atoms. The number of nitrogens with zero attached hydrogens (tertiary/aromatic N) is 5. The molecule has 128 valence electrons. The van der Waals surface area contributed by atoms with Gasteiger partial charge in [-0.05, 0) is 38.3 Å². The van der Waals surface area contributed by atoms with Crippen LogP contribution in [0.5, 0.6) is 0 Å². The summed E-state index contributed by atoms with van der Waals surface area (Å²) in [6.45, 7) is 6.96. The Kier molecular flexibility index (Phi) is 5.80. The first-order chi connectivity index (χ1) is 11.3. The lowest BCUT2D eigenvalue weighted by Gasteiger charge is -2.46. The minimum atomic E-state index is 0.286. The number of likely N-dealkylation sites (N-methyl/N-ethyl adjacent to an activating group) is 1. The van der Waals surface area contributed by atoms with E-state index in [1.165, 1.54) is 13.1 Å². The highest BCUT2D eigenvalue weighted by Crippen LogP contribution is 2.28. The van der Waals surface area contributed by atoms with Crippen molar-refractivity contribution >= 4 is 5.95 Å². The third-order valence-electron chi connectivity index (χ3n) is 5.27. The molecule has 3 heterocycles. The summed E-state index contributed by atoms with van der Waals surface area (Å²) in [6.07, 6.45) is 6.77. The first-order valence-electron chi connectivity index (χ1n) is 8.83. The molecule has 23 heavy (non-hydrogen) atoms. The van der Waals surface area contributed by atoms with Gasteiger partial charge >= 0.3 is 0 Å². The smallest absolute Gasteiger partial charge is 0.225 e. The first kappa shape index (κ1) is 16.6. The van der Waals surface area contributed by atoms with E-state index in [0.717, 1.165) is 51.4 Å². The van der Waals surface area contributed by atoms with Gasteiger partial charge in [0.15, 0.2) is 0 Å². The van der Waals surface area contributed by atoms with Crippen LogP contribution in [0.4, 0.5) is 5.95 Å². The molecule has 0 bridgehead atoms. The molecule has 1 aromatic heterocycles. The Hall–Kier alpha value is -1.24. The van der Waals surface area contributed by atoms with Crippen LogP contribution < -0.4 is 4.90 Å². The molecule has 2 fully saturated rings. The van der Waals surface area contributed by atoms with Gasteiger partial charge < -0.3 is 14.9 Å². The van der Waals surface area contributed by atoms with Crippen molar-refractivity contribution in [2.45, 2.75) is 25.3 Å². The number of rotatable bonds is 5. The molecular weight excluding hydrogens is 290 g/mol. The predicted molar refractivity (Wildman–Crippen MR) is 91.5 cm³/mol. The van der Waals surface area contributed by atoms with E-state index in [0.29, 0.717) is 12.0 Å². The summed E-state index contributed by atoms with van der Waals surface area (Å²) in [6, 6.07) is 2.50. The fourth-order valence-electron chi connectivity index (χ4n) is 3.93. The molecule has 3 rings (SSSR count). The van der Waals surface area contributed by atoms with Gasteiger partial charge in [0.1, 0.15) is 0 Å². The maximum absolute atomic E-state index is 9.25. The summed E-state index contributed by atoms with van der Waals surface area (Å²) >= 11 is 0. The summed E-state index contributed by atoms with van der Waals surface area (Å²) in [5.41, 5.74) is 0. The van der Waals surface area contributed by atoms with Crippen LogP contribution in [-0.2, 0) is 0 Å². The zero-order valence-corrected chi connectivity index (χ0v) is 14.1. The number of aliphatic hydroxyl groups excluding tert-OH is 1. The van der Waals surface area contributed by atoms with E-state index < -0.39 is 0 Å². The molecule has 2 atom stereocenters. The van der Waals surface area contributed by atoms with E-state index in [-0.39, 0.29) is 6.61 Å². The van der Waals surface area contributed by atoms with E-state index in [4.69, 9.17) is 0 Å². The number of anilines is 1. The molecule has 2 aliphatic rings. The van der Waals surface area contributed by atoms with Crippen molar-refractivity contribution in [3.63, 3.8) is 0 Å². The summed E-state index contributed by atoms with van der Waals surface area (Å²) in [5.74, 6) is 1.43. The standard InChI is InChI=1S/C17H29N5O/c1-20-9-11-21(12-10-20)16-5-8-22(14-15(16)4-2-13-23)17-18-6-3-7-19-17/h3,6-7,15-16,23H,2,4-5,8-14H2,1H3/t15-,16+/m1/s1. The van der Waals surface area contributed by atoms with Crippen molar-refractivity contribution in [1.29, 1.82) is 0 Å². The Balaban J connectivity index is 1.66. The second-order valence-corrected chi connectivity index (χ2v) is 6.82. The van der Waals surface area contributed by atoms with E-state index in [1.807, 2.05) is 18.5 Å². The molecule has 2 aliphatic heterocycles. The van der Waals surface area contributed by atoms with Crippen molar-refractivity contribution in [2.24, 2.45) is 5.92 Å². The predicted octanol–water partition coefficient (Wildman–Crippen LogP) is 0.691. The molecule has 0 saturated carbocycles. The van der Waals surface area contributed by atoms with Crippen LogP contribution in [0.25, 0.3) is 0 Å². The summed E-state index contributed by atoms with van der Waals surface area (Å²) in [5, 5.41) is 9.25. The monoisotopic (exact) mass is 319 g/mol. The third kappa shape index (κ3) is 4.19. The van der Waals surface area contributed by atoms with Gasteiger partial charge in [0.2, 0.25) is 5.95 Å². The molecule has 2 saturated heterocycles. The highest BCUT2D eigenvalue weighted by atomic mass is 16.2. The molecular formula is C17H29N5O. The molecule has 6 heteroatoms. The van der Waals surface area contributed by atoms with Gasteiger partial charge in [-0.1, -0.05) is 0 Å². The Morgan fingerprint density at radius 1 is 1.13 bits per heavy atom. The fraction of sp³-hybridized carbons (Fsp3) is 0.765. The number of aromatic nitrogens is 2. The van der Waals surface area contributed by atoms with Gasteiger partial charge in [0, 0.05) is 64.3 Å². The molecule has 6 nitrogen and oxygen atoms in total. The Labute approximate surface area is 139 Å². The zero-order valence-electron chi connectivity index (χ0n) is 14.1. The number of hydrogen-bond acceptors (Lipinski definition) is 6. The van der Waals surface area contributed by atoms with Crippen molar-refractivity contribution in [3.8, 4) is 0 Å². The van der Waals surface area contributed by atoms with E-state index in [1.54, 1.807) is 0 Å². The van der Waals surface area contributed by atoms with Crippen molar-refractivity contribution in [1.82, 2.24) is 19.8 Å². The van der Waals surface area contributed by atoms with Crippen LogP contribution in [0.15, 0.2) is 18.5 Å². The van der Waals surface area contributed by atoms with Crippen LogP contribution in [0, 0.1) is 5.92 Å². The number of aliphatic hydroxyl groups is 1. The van der Waals surface area contributed by atoms with Gasteiger partial charge in [-0.3, -0.25) is 4.90 Å². The molecule has 1 aromatic rings. The molecule has 1 N–H and O–H groups in total. The minimum absolute atomic E-state index is 0.286. The largest absolute Gasteiger partial charge is 0.396 e. The van der Waals surface area contributed by atoms with Crippen molar-refractivity contribution in [3.05, 3.63) is 18.5 Å². The lowest BCUT2D eigenvalue weighted by molar-refractivity contribution is 0.0636. The highest BCUT2D eigenvalue weighted by molar-refractivity contribution is 5.29. The average molecular weight is 319 g/mol. The van der Waals surface area contributed by atoms with E-state index in [2.05, 4.69) is 31.7 Å². The summed E-state index contributed by atoms with van der Waals surface area (Å²) in [7, 11) is 2.20. The molecule has 0 amide bonds. The maximum Gasteiger partial charge on any atom is 0.225 e. The number of hydrogen-bond donors (Lipinski definition) is 1. The van der Waals surface area contributed by atoms with Gasteiger partial charge in [0.05, 0.1) is 0 Å². The van der Waals surface area contributed by atoms with Crippen LogP contribution in [0.2, 0.25) is 0 Å². The van der Waals surface area contributed by atoms with Gasteiger partial charge in [-0.15, -0.1) is 0 Å². The summed E-state index contributed by atoms with van der Waals surface area (Å²) < 4.78 is 0. The SMILES string of the molecule is CN1CCN([C@H]2CCN(c3ncccn3)C[C@H]2CCCO)CC1. The van der Waals surface area contributed by atoms with Crippen molar-refractivity contribution in [2.75, 3.05) is 57.8 Å². The molecule has 0 unspecified atom stereocenters. The van der Waals surface area contributed by atoms with E-state index >= 15 is 0 Å². The average Bonchev–Trinajstić information content (AvgIpc) is 2.61. The Morgan fingerprint density at radius 3 is 2.57 bits per heavy atom. The third-order valence-corrected chi connectivity index (χ3v) is 5.27. The van der Waals surface area contributed by atoms with Gasteiger partial charge in [-0.2, -0.15) is 0 Å². The second kappa shape index (κ2) is 8.04. The minimum Gasteiger partial charge on any atom is -0.396 e. The lowest BCUT2D eigenvalue weighted by Crippen LogP contribution is -2.56. The fourth-order valence-corrected chi connectivity index (χ4v) is 3.93. The molecule has 0 radical (unpaired) electrons.